The third-order valence-electron chi connectivity index (χ3n) is 5.31. The van der Waals surface area contributed by atoms with Gasteiger partial charge in [0.05, 0.1) is 16.8 Å². The van der Waals surface area contributed by atoms with Crippen LogP contribution < -0.4 is 9.64 Å². The van der Waals surface area contributed by atoms with Crippen LogP contribution in [0, 0.1) is 19.3 Å². The Bertz CT molecular complexity index is 790. The molecule has 1 aromatic carbocycles. The molecule has 2 fully saturated rings. The molecule has 0 aromatic heterocycles. The first-order chi connectivity index (χ1) is 12.9. The Hall–Kier alpha value is -2.23. The van der Waals surface area contributed by atoms with E-state index in [0.29, 0.717) is 22.0 Å². The maximum Gasteiger partial charge on any atom is 0.330 e. The van der Waals surface area contributed by atoms with Crippen molar-refractivity contribution in [3.05, 3.63) is 22.7 Å². The predicted molar refractivity (Wildman–Crippen MR) is 101 cm³/mol. The van der Waals surface area contributed by atoms with Crippen molar-refractivity contribution < 1.29 is 24.2 Å². The maximum atomic E-state index is 12.6. The molecule has 0 atom stereocenters. The highest BCUT2D eigenvalue weighted by Gasteiger charge is 2.49. The van der Waals surface area contributed by atoms with Gasteiger partial charge in [-0.25, -0.2) is 4.79 Å². The fourth-order valence-corrected chi connectivity index (χ4v) is 3.69. The zero-order valence-corrected chi connectivity index (χ0v) is 15.9. The van der Waals surface area contributed by atoms with Crippen molar-refractivity contribution in [1.29, 1.82) is 0 Å². The number of carboxylic acid groups (broad SMARTS) is 1. The fraction of sp³-hybridized carbons (Fsp3) is 0.500. The molecular weight excluding hydrogens is 370 g/mol. The van der Waals surface area contributed by atoms with Crippen LogP contribution >= 0.6 is 11.6 Å². The van der Waals surface area contributed by atoms with E-state index >= 15 is 0 Å². The van der Waals surface area contributed by atoms with Crippen molar-refractivity contribution >= 4 is 29.2 Å². The Labute approximate surface area is 163 Å². The number of carboxylic acids is 1. The number of anilines is 1. The summed E-state index contributed by atoms with van der Waals surface area (Å²) < 4.78 is 11.2. The molecule has 0 radical (unpaired) electrons. The highest BCUT2D eigenvalue weighted by atomic mass is 35.5. The van der Waals surface area contributed by atoms with Crippen molar-refractivity contribution in [2.75, 3.05) is 18.1 Å². The molecule has 1 N–H and O–H groups in total. The van der Waals surface area contributed by atoms with Crippen LogP contribution in [0.25, 0.3) is 0 Å². The lowest BCUT2D eigenvalue weighted by Gasteiger charge is -2.42. The fourth-order valence-electron chi connectivity index (χ4n) is 3.49. The molecule has 2 aliphatic rings. The quantitative estimate of drug-likeness (QED) is 0.780. The number of hydrogen-bond acceptors (Lipinski definition) is 4. The van der Waals surface area contributed by atoms with E-state index in [4.69, 9.17) is 27.5 Å². The summed E-state index contributed by atoms with van der Waals surface area (Å²) in [5, 5.41) is 10.3. The van der Waals surface area contributed by atoms with Gasteiger partial charge in [0.15, 0.2) is 5.54 Å². The predicted octanol–water partition coefficient (Wildman–Crippen LogP) is 3.18. The second-order valence-corrected chi connectivity index (χ2v) is 7.38. The first-order valence-corrected chi connectivity index (χ1v) is 9.35. The van der Waals surface area contributed by atoms with Crippen LogP contribution in [0.5, 0.6) is 5.75 Å². The molecule has 6 nitrogen and oxygen atoms in total. The van der Waals surface area contributed by atoms with Crippen molar-refractivity contribution in [3.63, 3.8) is 0 Å². The molecule has 27 heavy (non-hydrogen) atoms. The van der Waals surface area contributed by atoms with Gasteiger partial charge >= 0.3 is 11.9 Å². The van der Waals surface area contributed by atoms with Gasteiger partial charge in [-0.1, -0.05) is 11.6 Å². The summed E-state index contributed by atoms with van der Waals surface area (Å²) in [6, 6.07) is 3.31. The summed E-state index contributed by atoms with van der Waals surface area (Å²) in [5.74, 6) is 0.767. The number of aliphatic carboxylic acids is 1. The summed E-state index contributed by atoms with van der Waals surface area (Å²) >= 11 is 6.40. The molecule has 0 unspecified atom stereocenters. The monoisotopic (exact) mass is 391 g/mol. The average molecular weight is 392 g/mol. The number of amides is 1. The Balaban J connectivity index is 2.05. The van der Waals surface area contributed by atoms with Crippen LogP contribution in [0.15, 0.2) is 12.1 Å². The third-order valence-corrected chi connectivity index (χ3v) is 5.61. The topological polar surface area (TPSA) is 76.1 Å². The molecular formula is C20H22ClNO5. The largest absolute Gasteiger partial charge is 0.489 e. The highest BCUT2D eigenvalue weighted by molar-refractivity contribution is 6.32. The number of carbonyl (C=O) groups excluding carboxylic acids is 1. The zero-order valence-electron chi connectivity index (χ0n) is 15.2. The van der Waals surface area contributed by atoms with Gasteiger partial charge in [0.25, 0.3) is 0 Å². The van der Waals surface area contributed by atoms with Crippen molar-refractivity contribution in [2.45, 2.75) is 50.7 Å². The van der Waals surface area contributed by atoms with Crippen molar-refractivity contribution in [2.24, 2.45) is 0 Å². The number of hydrogen-bond donors (Lipinski definition) is 1. The lowest BCUT2D eigenvalue weighted by Crippen LogP contribution is -2.60. The maximum absolute atomic E-state index is 12.6. The average Bonchev–Trinajstić information content (AvgIpc) is 2.62. The molecule has 3 rings (SSSR count). The lowest BCUT2D eigenvalue weighted by molar-refractivity contribution is -0.148. The summed E-state index contributed by atoms with van der Waals surface area (Å²) in [6.07, 6.45) is 8.91. The normalized spacial score (nSPS) is 18.9. The van der Waals surface area contributed by atoms with Crippen LogP contribution in [0.2, 0.25) is 5.02 Å². The van der Waals surface area contributed by atoms with Crippen LogP contribution in [0.3, 0.4) is 0 Å². The molecule has 1 aliphatic heterocycles. The van der Waals surface area contributed by atoms with E-state index in [2.05, 4.69) is 5.92 Å². The third kappa shape index (κ3) is 3.62. The second-order valence-electron chi connectivity index (χ2n) is 6.97. The van der Waals surface area contributed by atoms with Crippen LogP contribution in [-0.2, 0) is 14.3 Å². The van der Waals surface area contributed by atoms with Crippen LogP contribution in [0.4, 0.5) is 5.69 Å². The van der Waals surface area contributed by atoms with Gasteiger partial charge in [0, 0.05) is 26.1 Å². The summed E-state index contributed by atoms with van der Waals surface area (Å²) in [6.45, 7) is 2.25. The first kappa shape index (κ1) is 19.5. The SMILES string of the molecule is C#CC(=O)N(c1cc(Cl)c(OC2CCC2)cc1C)C1(C(=O)O)CCOCC1. The Morgan fingerprint density at radius 3 is 2.56 bits per heavy atom. The molecule has 7 heteroatoms. The van der Waals surface area contributed by atoms with Crippen molar-refractivity contribution in [3.8, 4) is 18.1 Å². The summed E-state index contributed by atoms with van der Waals surface area (Å²) in [5.41, 5.74) is -0.413. The number of rotatable bonds is 5. The minimum atomic E-state index is -1.47. The standard InChI is InChI=1S/C20H22ClNO5/c1-3-18(23)22(20(19(24)25)7-9-26-10-8-20)16-12-15(21)17(11-13(16)2)27-14-5-4-6-14/h1,11-12,14H,4-10H2,2H3,(H,24,25). The Kier molecular flexibility index (Phi) is 5.64. The van der Waals surface area contributed by atoms with Crippen LogP contribution in [-0.4, -0.2) is 41.8 Å². The molecule has 144 valence electrons. The van der Waals surface area contributed by atoms with Gasteiger partial charge in [-0.15, -0.1) is 6.42 Å². The smallest absolute Gasteiger partial charge is 0.330 e. The van der Waals surface area contributed by atoms with Gasteiger partial charge in [-0.2, -0.15) is 0 Å². The van der Waals surface area contributed by atoms with E-state index < -0.39 is 17.4 Å². The summed E-state index contributed by atoms with van der Waals surface area (Å²) in [7, 11) is 0. The van der Waals surface area contributed by atoms with E-state index in [0.717, 1.165) is 19.3 Å². The Morgan fingerprint density at radius 2 is 2.04 bits per heavy atom. The summed E-state index contributed by atoms with van der Waals surface area (Å²) in [4.78, 5) is 26.0. The molecule has 1 amide bonds. The molecule has 0 spiro atoms. The van der Waals surface area contributed by atoms with E-state index in [9.17, 15) is 14.7 Å². The number of halogens is 1. The van der Waals surface area contributed by atoms with E-state index in [1.54, 1.807) is 19.1 Å². The number of nitrogens with zero attached hydrogens (tertiary/aromatic N) is 1. The number of ether oxygens (including phenoxy) is 2. The molecule has 1 aliphatic carbocycles. The number of aryl methyl sites for hydroxylation is 1. The van der Waals surface area contributed by atoms with Gasteiger partial charge in [0.2, 0.25) is 0 Å². The van der Waals surface area contributed by atoms with Gasteiger partial charge < -0.3 is 14.6 Å². The van der Waals surface area contributed by atoms with E-state index in [1.165, 1.54) is 4.90 Å². The molecule has 1 saturated heterocycles. The number of carbonyl (C=O) groups is 2. The molecule has 0 bridgehead atoms. The van der Waals surface area contributed by atoms with Crippen LogP contribution in [0.1, 0.15) is 37.7 Å². The minimum absolute atomic E-state index is 0.146. The van der Waals surface area contributed by atoms with Gasteiger partial charge in [-0.05, 0) is 49.8 Å². The zero-order chi connectivity index (χ0) is 19.6. The number of benzene rings is 1. The second kappa shape index (κ2) is 7.79. The first-order valence-electron chi connectivity index (χ1n) is 8.98. The highest BCUT2D eigenvalue weighted by Crippen LogP contribution is 2.40. The van der Waals surface area contributed by atoms with Gasteiger partial charge in [0.1, 0.15) is 5.75 Å². The van der Waals surface area contributed by atoms with E-state index in [-0.39, 0.29) is 32.2 Å². The molecule has 1 heterocycles. The lowest BCUT2D eigenvalue weighted by atomic mass is 9.86. The Morgan fingerprint density at radius 1 is 1.37 bits per heavy atom. The minimum Gasteiger partial charge on any atom is -0.489 e. The van der Waals surface area contributed by atoms with E-state index in [1.807, 2.05) is 0 Å². The molecule has 1 saturated carbocycles. The number of terminal acetylenes is 1. The molecule has 1 aromatic rings. The van der Waals surface area contributed by atoms with Crippen molar-refractivity contribution in [1.82, 2.24) is 0 Å². The van der Waals surface area contributed by atoms with Gasteiger partial charge in [-0.3, -0.25) is 9.69 Å².